The predicted molar refractivity (Wildman–Crippen MR) is 102 cm³/mol. The Balaban J connectivity index is 1.67. The summed E-state index contributed by atoms with van der Waals surface area (Å²) >= 11 is 1.03. The lowest BCUT2D eigenvalue weighted by atomic mass is 9.74. The third-order valence-electron chi connectivity index (χ3n) is 4.90. The molecule has 1 aromatic carbocycles. The van der Waals surface area contributed by atoms with Crippen molar-refractivity contribution in [3.05, 3.63) is 53.6 Å². The first kappa shape index (κ1) is 17.7. The van der Waals surface area contributed by atoms with Crippen LogP contribution in [0.3, 0.4) is 0 Å². The van der Waals surface area contributed by atoms with E-state index in [1.54, 1.807) is 7.11 Å². The highest BCUT2D eigenvalue weighted by molar-refractivity contribution is 6.99. The minimum atomic E-state index is -0.199. The van der Waals surface area contributed by atoms with Crippen LogP contribution in [0.1, 0.15) is 48.1 Å². The van der Waals surface area contributed by atoms with Crippen LogP contribution < -0.4 is 10.1 Å². The molecule has 0 saturated heterocycles. The summed E-state index contributed by atoms with van der Waals surface area (Å²) in [5, 5.41) is 7.72. The van der Waals surface area contributed by atoms with Crippen LogP contribution >= 0.6 is 11.7 Å². The summed E-state index contributed by atoms with van der Waals surface area (Å²) in [6, 6.07) is 7.72. The van der Waals surface area contributed by atoms with Gasteiger partial charge in [-0.25, -0.2) is 4.68 Å². The normalized spacial score (nSPS) is 18.0. The highest BCUT2D eigenvalue weighted by Gasteiger charge is 2.36. The molecule has 140 valence electrons. The molecule has 1 aliphatic rings. The van der Waals surface area contributed by atoms with Gasteiger partial charge < -0.3 is 10.1 Å². The molecule has 7 nitrogen and oxygen atoms in total. The third kappa shape index (κ3) is 3.44. The Labute approximate surface area is 161 Å². The fourth-order valence-electron chi connectivity index (χ4n) is 3.61. The van der Waals surface area contributed by atoms with Gasteiger partial charge in [0.25, 0.3) is 5.91 Å². The average molecular weight is 383 g/mol. The maximum Gasteiger partial charge on any atom is 0.273 e. The van der Waals surface area contributed by atoms with E-state index in [0.29, 0.717) is 5.69 Å². The van der Waals surface area contributed by atoms with Gasteiger partial charge in [-0.05, 0) is 42.5 Å². The number of carbonyl (C=O) groups excluding carboxylic acids is 1. The van der Waals surface area contributed by atoms with Gasteiger partial charge in [0.05, 0.1) is 48.7 Å². The van der Waals surface area contributed by atoms with Crippen LogP contribution in [0.2, 0.25) is 0 Å². The number of ether oxygens (including phenoxy) is 1. The summed E-state index contributed by atoms with van der Waals surface area (Å²) in [6.07, 6.45) is 5.09. The van der Waals surface area contributed by atoms with Gasteiger partial charge in [-0.3, -0.25) is 4.79 Å². The van der Waals surface area contributed by atoms with E-state index in [-0.39, 0.29) is 17.4 Å². The lowest BCUT2D eigenvalue weighted by molar-refractivity contribution is 0.0915. The fraction of sp³-hybridized carbons (Fsp3) is 0.368. The van der Waals surface area contributed by atoms with Crippen molar-refractivity contribution in [1.29, 1.82) is 0 Å². The number of rotatable bonds is 4. The molecule has 0 unspecified atom stereocenters. The summed E-state index contributed by atoms with van der Waals surface area (Å²) < 4.78 is 15.1. The van der Waals surface area contributed by atoms with Gasteiger partial charge >= 0.3 is 0 Å². The van der Waals surface area contributed by atoms with E-state index in [0.717, 1.165) is 47.3 Å². The molecule has 1 aliphatic carbocycles. The van der Waals surface area contributed by atoms with Gasteiger partial charge in [0, 0.05) is 5.56 Å². The van der Waals surface area contributed by atoms with Crippen LogP contribution in [0.5, 0.6) is 5.75 Å². The number of aromatic nitrogens is 4. The first-order valence-corrected chi connectivity index (χ1v) is 9.49. The number of nitrogens with one attached hydrogen (secondary N) is 1. The number of carbonyl (C=O) groups is 1. The molecule has 3 aromatic rings. The molecule has 0 aliphatic heterocycles. The van der Waals surface area contributed by atoms with E-state index in [9.17, 15) is 4.79 Å². The second-order valence-corrected chi connectivity index (χ2v) is 8.08. The Hall–Kier alpha value is -2.74. The van der Waals surface area contributed by atoms with E-state index >= 15 is 0 Å². The Morgan fingerprint density at radius 3 is 2.74 bits per heavy atom. The Bertz CT molecular complexity index is 947. The van der Waals surface area contributed by atoms with Crippen molar-refractivity contribution in [1.82, 2.24) is 23.8 Å². The number of hydrogen-bond acceptors (Lipinski definition) is 6. The van der Waals surface area contributed by atoms with Crippen LogP contribution in [-0.2, 0) is 6.42 Å². The smallest absolute Gasteiger partial charge is 0.273 e. The van der Waals surface area contributed by atoms with Crippen molar-refractivity contribution in [3.8, 4) is 11.4 Å². The first-order valence-electron chi connectivity index (χ1n) is 8.76. The Kier molecular flexibility index (Phi) is 4.43. The molecule has 0 radical (unpaired) electrons. The molecule has 27 heavy (non-hydrogen) atoms. The maximum absolute atomic E-state index is 12.5. The molecule has 0 bridgehead atoms. The third-order valence-corrected chi connectivity index (χ3v) is 5.37. The van der Waals surface area contributed by atoms with Gasteiger partial charge in [0.1, 0.15) is 5.75 Å². The summed E-state index contributed by atoms with van der Waals surface area (Å²) in [4.78, 5) is 12.5. The van der Waals surface area contributed by atoms with Crippen molar-refractivity contribution < 1.29 is 9.53 Å². The van der Waals surface area contributed by atoms with Crippen LogP contribution in [0.4, 0.5) is 0 Å². The van der Waals surface area contributed by atoms with E-state index in [2.05, 4.69) is 33.0 Å². The average Bonchev–Trinajstić information content (AvgIpc) is 3.31. The van der Waals surface area contributed by atoms with Gasteiger partial charge in [-0.2, -0.15) is 13.8 Å². The molecule has 0 fully saturated rings. The molecule has 2 heterocycles. The molecule has 1 N–H and O–H groups in total. The Morgan fingerprint density at radius 2 is 2.07 bits per heavy atom. The SMILES string of the molecule is COc1ccc(-n2ncc3c2CC(C)(C)C[C@H]3NC(=O)c2cnsn2)cc1. The highest BCUT2D eigenvalue weighted by Crippen LogP contribution is 2.41. The van der Waals surface area contributed by atoms with E-state index in [4.69, 9.17) is 4.74 Å². The van der Waals surface area contributed by atoms with Crippen LogP contribution in [0.25, 0.3) is 5.69 Å². The topological polar surface area (TPSA) is 81.9 Å². The molecule has 2 aromatic heterocycles. The summed E-state index contributed by atoms with van der Waals surface area (Å²) in [6.45, 7) is 4.43. The molecule has 0 spiro atoms. The summed E-state index contributed by atoms with van der Waals surface area (Å²) in [5.74, 6) is 0.608. The van der Waals surface area contributed by atoms with Crippen molar-refractivity contribution in [2.24, 2.45) is 5.41 Å². The van der Waals surface area contributed by atoms with Crippen molar-refractivity contribution in [2.45, 2.75) is 32.7 Å². The van der Waals surface area contributed by atoms with Gasteiger partial charge in [0.15, 0.2) is 5.69 Å². The zero-order valence-corrected chi connectivity index (χ0v) is 16.3. The zero-order chi connectivity index (χ0) is 19.0. The molecule has 8 heteroatoms. The second-order valence-electron chi connectivity index (χ2n) is 7.52. The monoisotopic (exact) mass is 383 g/mol. The lowest BCUT2D eigenvalue weighted by Gasteiger charge is -2.35. The summed E-state index contributed by atoms with van der Waals surface area (Å²) in [5.41, 5.74) is 3.55. The molecule has 4 rings (SSSR count). The van der Waals surface area contributed by atoms with Crippen LogP contribution in [-0.4, -0.2) is 31.5 Å². The quantitative estimate of drug-likeness (QED) is 0.748. The molecule has 1 atom stereocenters. The molecular formula is C19H21N5O2S. The number of methoxy groups -OCH3 is 1. The summed E-state index contributed by atoms with van der Waals surface area (Å²) in [7, 11) is 1.65. The molecule has 0 saturated carbocycles. The first-order chi connectivity index (χ1) is 13.0. The van der Waals surface area contributed by atoms with Crippen LogP contribution in [0.15, 0.2) is 36.7 Å². The number of benzene rings is 1. The van der Waals surface area contributed by atoms with E-state index in [1.807, 2.05) is 35.1 Å². The van der Waals surface area contributed by atoms with E-state index < -0.39 is 0 Å². The lowest BCUT2D eigenvalue weighted by Crippen LogP contribution is -2.36. The number of nitrogens with zero attached hydrogens (tertiary/aromatic N) is 4. The minimum absolute atomic E-state index is 0.0372. The van der Waals surface area contributed by atoms with Gasteiger partial charge in [0.2, 0.25) is 0 Å². The predicted octanol–water partition coefficient (Wildman–Crippen LogP) is 3.18. The molecular weight excluding hydrogens is 362 g/mol. The fourth-order valence-corrected chi connectivity index (χ4v) is 4.03. The molecule has 1 amide bonds. The maximum atomic E-state index is 12.5. The number of fused-ring (bicyclic) bond motifs is 1. The minimum Gasteiger partial charge on any atom is -0.497 e. The van der Waals surface area contributed by atoms with Crippen molar-refractivity contribution >= 4 is 17.6 Å². The Morgan fingerprint density at radius 1 is 1.30 bits per heavy atom. The van der Waals surface area contributed by atoms with Crippen molar-refractivity contribution in [3.63, 3.8) is 0 Å². The van der Waals surface area contributed by atoms with Gasteiger partial charge in [-0.15, -0.1) is 0 Å². The van der Waals surface area contributed by atoms with E-state index in [1.165, 1.54) is 6.20 Å². The van der Waals surface area contributed by atoms with Gasteiger partial charge in [-0.1, -0.05) is 13.8 Å². The number of hydrogen-bond donors (Lipinski definition) is 1. The zero-order valence-electron chi connectivity index (χ0n) is 15.5. The second kappa shape index (κ2) is 6.77. The number of amides is 1. The largest absolute Gasteiger partial charge is 0.497 e. The van der Waals surface area contributed by atoms with Crippen LogP contribution in [0, 0.1) is 5.41 Å². The van der Waals surface area contributed by atoms with Crippen molar-refractivity contribution in [2.75, 3.05) is 7.11 Å². The standard InChI is InChI=1S/C19H21N5O2S/c1-19(2)8-15(22-18(25)16-11-21-27-23-16)14-10-20-24(17(14)9-19)12-4-6-13(26-3)7-5-12/h4-7,10-11,15H,8-9H2,1-3H3,(H,22,25)/t15-/m1/s1. The highest BCUT2D eigenvalue weighted by atomic mass is 32.1.